The molecule has 12 heavy (non-hydrogen) atoms. The molecule has 0 fully saturated rings. The number of rotatable bonds is 3. The Labute approximate surface area is 72.2 Å². The van der Waals surface area contributed by atoms with Gasteiger partial charge in [0.05, 0.1) is 6.61 Å². The standard InChI is InChI=1S/C8H14N2O2/c1-3-12-8(11)6-10-5-7(2)4-9-10/h4,7H,3,5-6H2,1-2H3. The lowest BCUT2D eigenvalue weighted by atomic mass is 10.2. The molecular weight excluding hydrogens is 156 g/mol. The van der Waals surface area contributed by atoms with Crippen LogP contribution in [0, 0.1) is 5.92 Å². The van der Waals surface area contributed by atoms with Crippen molar-refractivity contribution in [2.24, 2.45) is 11.0 Å². The number of nitrogens with zero attached hydrogens (tertiary/aromatic N) is 2. The van der Waals surface area contributed by atoms with E-state index < -0.39 is 0 Å². The van der Waals surface area contributed by atoms with E-state index in [1.165, 1.54) is 0 Å². The molecule has 68 valence electrons. The summed E-state index contributed by atoms with van der Waals surface area (Å²) >= 11 is 0. The van der Waals surface area contributed by atoms with Gasteiger partial charge in [0.15, 0.2) is 0 Å². The predicted octanol–water partition coefficient (Wildman–Crippen LogP) is 0.487. The van der Waals surface area contributed by atoms with Gasteiger partial charge in [0, 0.05) is 18.7 Å². The van der Waals surface area contributed by atoms with E-state index in [0.717, 1.165) is 6.54 Å². The molecule has 0 aromatic carbocycles. The predicted molar refractivity (Wildman–Crippen MR) is 45.9 cm³/mol. The van der Waals surface area contributed by atoms with E-state index >= 15 is 0 Å². The number of ether oxygens (including phenoxy) is 1. The van der Waals surface area contributed by atoms with Gasteiger partial charge in [-0.1, -0.05) is 6.92 Å². The normalized spacial score (nSPS) is 21.5. The molecule has 0 aliphatic carbocycles. The minimum absolute atomic E-state index is 0.205. The highest BCUT2D eigenvalue weighted by molar-refractivity contribution is 5.72. The van der Waals surface area contributed by atoms with Crippen molar-refractivity contribution in [1.29, 1.82) is 0 Å². The summed E-state index contributed by atoms with van der Waals surface area (Å²) in [5.74, 6) is 0.239. The summed E-state index contributed by atoms with van der Waals surface area (Å²) in [5.41, 5.74) is 0. The second kappa shape index (κ2) is 4.09. The Kier molecular flexibility index (Phi) is 3.08. The Bertz CT molecular complexity index is 191. The quantitative estimate of drug-likeness (QED) is 0.579. The highest BCUT2D eigenvalue weighted by atomic mass is 16.5. The van der Waals surface area contributed by atoms with E-state index in [-0.39, 0.29) is 12.5 Å². The molecule has 0 saturated heterocycles. The van der Waals surface area contributed by atoms with Crippen molar-refractivity contribution in [3.05, 3.63) is 0 Å². The molecule has 1 unspecified atom stereocenters. The summed E-state index contributed by atoms with van der Waals surface area (Å²) in [5, 5.41) is 5.77. The maximum absolute atomic E-state index is 11.0. The molecule has 1 heterocycles. The summed E-state index contributed by atoms with van der Waals surface area (Å²) in [6.45, 7) is 5.39. The number of carbonyl (C=O) groups excluding carboxylic acids is 1. The molecule has 0 N–H and O–H groups in total. The first-order valence-electron chi connectivity index (χ1n) is 4.17. The lowest BCUT2D eigenvalue weighted by Crippen LogP contribution is -2.26. The van der Waals surface area contributed by atoms with Crippen molar-refractivity contribution in [2.45, 2.75) is 13.8 Å². The molecule has 4 heteroatoms. The fourth-order valence-corrected chi connectivity index (χ4v) is 1.10. The molecule has 1 atom stereocenters. The van der Waals surface area contributed by atoms with Crippen LogP contribution in [-0.4, -0.2) is 36.9 Å². The molecule has 0 bridgehead atoms. The lowest BCUT2D eigenvalue weighted by molar-refractivity contribution is -0.144. The van der Waals surface area contributed by atoms with E-state index in [1.807, 2.05) is 6.21 Å². The average molecular weight is 170 g/mol. The number of carbonyl (C=O) groups is 1. The second-order valence-corrected chi connectivity index (χ2v) is 2.89. The summed E-state index contributed by atoms with van der Waals surface area (Å²) in [7, 11) is 0. The van der Waals surface area contributed by atoms with Crippen LogP contribution >= 0.6 is 0 Å². The van der Waals surface area contributed by atoms with E-state index in [4.69, 9.17) is 4.74 Å². The van der Waals surface area contributed by atoms with Crippen LogP contribution in [0.5, 0.6) is 0 Å². The zero-order valence-electron chi connectivity index (χ0n) is 7.49. The Morgan fingerprint density at radius 3 is 3.08 bits per heavy atom. The Hall–Kier alpha value is -1.06. The molecule has 0 aromatic heterocycles. The lowest BCUT2D eigenvalue weighted by Gasteiger charge is -2.12. The maximum atomic E-state index is 11.0. The number of hydrazone groups is 1. The van der Waals surface area contributed by atoms with Crippen molar-refractivity contribution < 1.29 is 9.53 Å². The van der Waals surface area contributed by atoms with Gasteiger partial charge in [-0.15, -0.1) is 0 Å². The van der Waals surface area contributed by atoms with Crippen molar-refractivity contribution >= 4 is 12.2 Å². The van der Waals surface area contributed by atoms with E-state index in [1.54, 1.807) is 11.9 Å². The monoisotopic (exact) mass is 170 g/mol. The van der Waals surface area contributed by atoms with E-state index in [0.29, 0.717) is 12.5 Å². The van der Waals surface area contributed by atoms with E-state index in [2.05, 4.69) is 12.0 Å². The van der Waals surface area contributed by atoms with Gasteiger partial charge in [0.25, 0.3) is 0 Å². The third-order valence-corrected chi connectivity index (χ3v) is 1.60. The second-order valence-electron chi connectivity index (χ2n) is 2.89. The molecular formula is C8H14N2O2. The summed E-state index contributed by atoms with van der Waals surface area (Å²) < 4.78 is 4.78. The average Bonchev–Trinajstić information content (AvgIpc) is 2.36. The van der Waals surface area contributed by atoms with Gasteiger partial charge in [0.2, 0.25) is 0 Å². The largest absolute Gasteiger partial charge is 0.465 e. The van der Waals surface area contributed by atoms with Crippen LogP contribution in [-0.2, 0) is 9.53 Å². The Morgan fingerprint density at radius 1 is 1.83 bits per heavy atom. The van der Waals surface area contributed by atoms with Crippen LogP contribution in [0.2, 0.25) is 0 Å². The van der Waals surface area contributed by atoms with Gasteiger partial charge in [-0.2, -0.15) is 5.10 Å². The van der Waals surface area contributed by atoms with Crippen LogP contribution in [0.3, 0.4) is 0 Å². The van der Waals surface area contributed by atoms with Gasteiger partial charge >= 0.3 is 5.97 Å². The van der Waals surface area contributed by atoms with Gasteiger partial charge in [-0.05, 0) is 6.92 Å². The molecule has 1 rings (SSSR count). The fraction of sp³-hybridized carbons (Fsp3) is 0.750. The van der Waals surface area contributed by atoms with Crippen LogP contribution in [0.4, 0.5) is 0 Å². The Morgan fingerprint density at radius 2 is 2.58 bits per heavy atom. The number of hydrogen-bond acceptors (Lipinski definition) is 4. The van der Waals surface area contributed by atoms with Gasteiger partial charge in [0.1, 0.15) is 6.54 Å². The zero-order valence-corrected chi connectivity index (χ0v) is 7.49. The zero-order chi connectivity index (χ0) is 8.97. The van der Waals surface area contributed by atoms with Crippen LogP contribution in [0.1, 0.15) is 13.8 Å². The van der Waals surface area contributed by atoms with Gasteiger partial charge in [-0.25, -0.2) is 0 Å². The molecule has 0 aromatic rings. The Balaban J connectivity index is 2.24. The van der Waals surface area contributed by atoms with Crippen molar-refractivity contribution in [3.8, 4) is 0 Å². The summed E-state index contributed by atoms with van der Waals surface area (Å²) in [6, 6.07) is 0. The number of hydrogen-bond donors (Lipinski definition) is 0. The first-order valence-corrected chi connectivity index (χ1v) is 4.17. The molecule has 4 nitrogen and oxygen atoms in total. The fourth-order valence-electron chi connectivity index (χ4n) is 1.10. The first-order chi connectivity index (χ1) is 5.72. The minimum atomic E-state index is -0.205. The van der Waals surface area contributed by atoms with E-state index in [9.17, 15) is 4.79 Å². The molecule has 0 amide bonds. The van der Waals surface area contributed by atoms with Gasteiger partial charge in [-0.3, -0.25) is 9.80 Å². The molecule has 0 saturated carbocycles. The molecule has 0 radical (unpaired) electrons. The van der Waals surface area contributed by atoms with Crippen molar-refractivity contribution in [1.82, 2.24) is 5.01 Å². The SMILES string of the molecule is CCOC(=O)CN1CC(C)C=N1. The topological polar surface area (TPSA) is 41.9 Å². The third kappa shape index (κ3) is 2.53. The maximum Gasteiger partial charge on any atom is 0.327 e. The minimum Gasteiger partial charge on any atom is -0.465 e. The third-order valence-electron chi connectivity index (χ3n) is 1.60. The van der Waals surface area contributed by atoms with Crippen molar-refractivity contribution in [3.63, 3.8) is 0 Å². The van der Waals surface area contributed by atoms with Crippen LogP contribution in [0.15, 0.2) is 5.10 Å². The smallest absolute Gasteiger partial charge is 0.327 e. The van der Waals surface area contributed by atoms with Crippen LogP contribution in [0.25, 0.3) is 0 Å². The van der Waals surface area contributed by atoms with Gasteiger partial charge < -0.3 is 4.74 Å². The van der Waals surface area contributed by atoms with Crippen molar-refractivity contribution in [2.75, 3.05) is 19.7 Å². The summed E-state index contributed by atoms with van der Waals surface area (Å²) in [6.07, 6.45) is 1.85. The number of esters is 1. The first kappa shape index (κ1) is 9.03. The highest BCUT2D eigenvalue weighted by Crippen LogP contribution is 2.05. The molecule has 0 spiro atoms. The molecule has 1 aliphatic rings. The highest BCUT2D eigenvalue weighted by Gasteiger charge is 2.16. The van der Waals surface area contributed by atoms with Crippen LogP contribution < -0.4 is 0 Å². The summed E-state index contributed by atoms with van der Waals surface area (Å²) in [4.78, 5) is 11.0. The molecule has 1 aliphatic heterocycles.